The molecular formula is C20H19Cl2N3O2. The summed E-state index contributed by atoms with van der Waals surface area (Å²) in [6, 6.07) is 12.5. The highest BCUT2D eigenvalue weighted by molar-refractivity contribution is 6.35. The predicted molar refractivity (Wildman–Crippen MR) is 108 cm³/mol. The Labute approximate surface area is 167 Å². The topological polar surface area (TPSA) is 56.1 Å². The molecule has 7 heteroatoms. The molecule has 1 amide bonds. The number of ether oxygens (including phenoxy) is 1. The number of benzene rings is 2. The Kier molecular flexibility index (Phi) is 5.73. The maximum absolute atomic E-state index is 12.6. The van der Waals surface area contributed by atoms with Crippen LogP contribution in [0.5, 0.6) is 5.75 Å². The molecule has 0 fully saturated rings. The molecule has 27 heavy (non-hydrogen) atoms. The van der Waals surface area contributed by atoms with Crippen LogP contribution >= 0.6 is 23.2 Å². The van der Waals surface area contributed by atoms with Crippen molar-refractivity contribution in [2.75, 3.05) is 12.4 Å². The van der Waals surface area contributed by atoms with Gasteiger partial charge in [0.25, 0.3) is 5.91 Å². The lowest BCUT2D eigenvalue weighted by Gasteiger charge is -2.09. The Morgan fingerprint density at radius 3 is 2.67 bits per heavy atom. The lowest BCUT2D eigenvalue weighted by molar-refractivity contribution is 0.102. The molecule has 3 aromatic rings. The minimum Gasteiger partial charge on any atom is -0.496 e. The van der Waals surface area contributed by atoms with Crippen molar-refractivity contribution in [3.05, 3.63) is 74.9 Å². The first-order valence-electron chi connectivity index (χ1n) is 8.32. The molecule has 0 saturated carbocycles. The molecule has 0 saturated heterocycles. The van der Waals surface area contributed by atoms with Crippen molar-refractivity contribution < 1.29 is 9.53 Å². The fourth-order valence-corrected chi connectivity index (χ4v) is 3.28. The van der Waals surface area contributed by atoms with Crippen molar-refractivity contribution in [3.63, 3.8) is 0 Å². The number of carbonyl (C=O) groups excluding carboxylic acids is 1. The quantitative estimate of drug-likeness (QED) is 0.643. The van der Waals surface area contributed by atoms with Gasteiger partial charge in [-0.25, -0.2) is 0 Å². The number of halogens is 2. The highest BCUT2D eigenvalue weighted by atomic mass is 35.5. The molecular weight excluding hydrogens is 385 g/mol. The summed E-state index contributed by atoms with van der Waals surface area (Å²) in [5, 5.41) is 8.47. The van der Waals surface area contributed by atoms with E-state index in [1.165, 1.54) is 0 Å². The summed E-state index contributed by atoms with van der Waals surface area (Å²) in [4.78, 5) is 12.6. The summed E-state index contributed by atoms with van der Waals surface area (Å²) in [5.41, 5.74) is 3.12. The number of amides is 1. The lowest BCUT2D eigenvalue weighted by Crippen LogP contribution is -2.14. The van der Waals surface area contributed by atoms with E-state index in [1.807, 2.05) is 32.0 Å². The van der Waals surface area contributed by atoms with Gasteiger partial charge in [-0.05, 0) is 43.7 Å². The number of nitrogens with one attached hydrogen (secondary N) is 1. The van der Waals surface area contributed by atoms with Gasteiger partial charge >= 0.3 is 0 Å². The Hall–Kier alpha value is -2.50. The first-order valence-corrected chi connectivity index (χ1v) is 9.08. The molecule has 1 N–H and O–H groups in total. The highest BCUT2D eigenvalue weighted by Crippen LogP contribution is 2.24. The molecule has 2 aromatic carbocycles. The predicted octanol–water partition coefficient (Wildman–Crippen LogP) is 5.12. The van der Waals surface area contributed by atoms with Gasteiger partial charge in [0.15, 0.2) is 5.82 Å². The van der Waals surface area contributed by atoms with E-state index < -0.39 is 0 Å². The number of carbonyl (C=O) groups is 1. The second-order valence-electron chi connectivity index (χ2n) is 6.15. The van der Waals surface area contributed by atoms with Gasteiger partial charge in [-0.15, -0.1) is 0 Å². The SMILES string of the molecule is COc1cccc(C(=O)Nc2cc(C)n(Cc3ccc(Cl)cc3Cl)n2)c1C. The van der Waals surface area contributed by atoms with E-state index in [9.17, 15) is 4.79 Å². The molecule has 5 nitrogen and oxygen atoms in total. The van der Waals surface area contributed by atoms with E-state index >= 15 is 0 Å². The Balaban J connectivity index is 1.79. The molecule has 0 aliphatic carbocycles. The third-order valence-electron chi connectivity index (χ3n) is 4.31. The van der Waals surface area contributed by atoms with E-state index in [0.717, 1.165) is 16.8 Å². The van der Waals surface area contributed by atoms with Crippen LogP contribution in [0.25, 0.3) is 0 Å². The maximum Gasteiger partial charge on any atom is 0.257 e. The van der Waals surface area contributed by atoms with Gasteiger partial charge in [0.2, 0.25) is 0 Å². The number of hydrogen-bond donors (Lipinski definition) is 1. The van der Waals surface area contributed by atoms with Crippen LogP contribution in [0.1, 0.15) is 27.2 Å². The van der Waals surface area contributed by atoms with Gasteiger partial charge in [0.05, 0.1) is 13.7 Å². The van der Waals surface area contributed by atoms with Crippen LogP contribution in [0, 0.1) is 13.8 Å². The molecule has 0 atom stereocenters. The van der Waals surface area contributed by atoms with Crippen LogP contribution in [0.4, 0.5) is 5.82 Å². The summed E-state index contributed by atoms with van der Waals surface area (Å²) in [5.74, 6) is 0.909. The minimum absolute atomic E-state index is 0.236. The fraction of sp³-hybridized carbons (Fsp3) is 0.200. The first kappa shape index (κ1) is 19.3. The lowest BCUT2D eigenvalue weighted by atomic mass is 10.1. The van der Waals surface area contributed by atoms with Gasteiger partial charge in [0, 0.05) is 32.9 Å². The largest absolute Gasteiger partial charge is 0.496 e. The zero-order valence-corrected chi connectivity index (χ0v) is 16.7. The third kappa shape index (κ3) is 4.26. The Bertz CT molecular complexity index is 999. The van der Waals surface area contributed by atoms with Crippen molar-refractivity contribution in [3.8, 4) is 5.75 Å². The van der Waals surface area contributed by atoms with Crippen molar-refractivity contribution >= 4 is 34.9 Å². The molecule has 0 bridgehead atoms. The number of nitrogens with zero attached hydrogens (tertiary/aromatic N) is 2. The van der Waals surface area contributed by atoms with Gasteiger partial charge in [-0.1, -0.05) is 35.3 Å². The Morgan fingerprint density at radius 1 is 1.19 bits per heavy atom. The van der Waals surface area contributed by atoms with Crippen molar-refractivity contribution in [1.82, 2.24) is 9.78 Å². The second kappa shape index (κ2) is 8.03. The van der Waals surface area contributed by atoms with Crippen molar-refractivity contribution in [1.29, 1.82) is 0 Å². The average Bonchev–Trinajstić information content (AvgIpc) is 2.96. The molecule has 0 spiro atoms. The summed E-state index contributed by atoms with van der Waals surface area (Å²) in [7, 11) is 1.58. The number of aryl methyl sites for hydroxylation is 1. The van der Waals surface area contributed by atoms with E-state index in [1.54, 1.807) is 36.1 Å². The van der Waals surface area contributed by atoms with E-state index in [4.69, 9.17) is 27.9 Å². The number of hydrogen-bond acceptors (Lipinski definition) is 3. The summed E-state index contributed by atoms with van der Waals surface area (Å²) in [6.45, 7) is 4.25. The number of anilines is 1. The molecule has 0 aliphatic heterocycles. The van der Waals surface area contributed by atoms with E-state index in [0.29, 0.717) is 33.7 Å². The first-order chi connectivity index (χ1) is 12.9. The smallest absolute Gasteiger partial charge is 0.257 e. The average molecular weight is 404 g/mol. The maximum atomic E-state index is 12.6. The molecule has 0 unspecified atom stereocenters. The fourth-order valence-electron chi connectivity index (χ4n) is 2.81. The summed E-state index contributed by atoms with van der Waals surface area (Å²) in [6.07, 6.45) is 0. The van der Waals surface area contributed by atoms with Crippen LogP contribution < -0.4 is 10.1 Å². The van der Waals surface area contributed by atoms with E-state index in [2.05, 4.69) is 10.4 Å². The van der Waals surface area contributed by atoms with Crippen molar-refractivity contribution in [2.45, 2.75) is 20.4 Å². The number of methoxy groups -OCH3 is 1. The van der Waals surface area contributed by atoms with Crippen LogP contribution in [-0.4, -0.2) is 22.8 Å². The van der Waals surface area contributed by atoms with Gasteiger partial charge < -0.3 is 10.1 Å². The van der Waals surface area contributed by atoms with Crippen LogP contribution in [0.2, 0.25) is 10.0 Å². The van der Waals surface area contributed by atoms with E-state index in [-0.39, 0.29) is 5.91 Å². The Morgan fingerprint density at radius 2 is 1.96 bits per heavy atom. The zero-order valence-electron chi connectivity index (χ0n) is 15.2. The van der Waals surface area contributed by atoms with Crippen LogP contribution in [0.3, 0.4) is 0 Å². The minimum atomic E-state index is -0.236. The zero-order chi connectivity index (χ0) is 19.6. The second-order valence-corrected chi connectivity index (χ2v) is 6.99. The van der Waals surface area contributed by atoms with Gasteiger partial charge in [-0.3, -0.25) is 9.48 Å². The molecule has 1 heterocycles. The van der Waals surface area contributed by atoms with Crippen LogP contribution in [-0.2, 0) is 6.54 Å². The molecule has 0 radical (unpaired) electrons. The highest BCUT2D eigenvalue weighted by Gasteiger charge is 2.15. The van der Waals surface area contributed by atoms with Crippen LogP contribution in [0.15, 0.2) is 42.5 Å². The van der Waals surface area contributed by atoms with Gasteiger partial charge in [0.1, 0.15) is 5.75 Å². The van der Waals surface area contributed by atoms with Gasteiger partial charge in [-0.2, -0.15) is 5.10 Å². The molecule has 0 aliphatic rings. The molecule has 3 rings (SSSR count). The summed E-state index contributed by atoms with van der Waals surface area (Å²) >= 11 is 12.2. The molecule has 1 aromatic heterocycles. The standard InChI is InChI=1S/C20H19Cl2N3O2/c1-12-9-19(23-20(26)16-5-4-6-18(27-3)13(16)2)24-25(12)11-14-7-8-15(21)10-17(14)22/h4-10H,11H2,1-3H3,(H,23,24,26). The summed E-state index contributed by atoms with van der Waals surface area (Å²) < 4.78 is 7.05. The third-order valence-corrected chi connectivity index (χ3v) is 4.89. The number of rotatable bonds is 5. The van der Waals surface area contributed by atoms with Crippen molar-refractivity contribution in [2.24, 2.45) is 0 Å². The monoisotopic (exact) mass is 403 g/mol. The number of aromatic nitrogens is 2. The molecule has 140 valence electrons. The normalized spacial score (nSPS) is 10.7.